The monoisotopic (exact) mass is 372 g/mol. The molecule has 12 heteroatoms. The highest BCUT2D eigenvalue weighted by molar-refractivity contribution is 8.67. The van der Waals surface area contributed by atoms with E-state index < -0.39 is 48.8 Å². The lowest BCUT2D eigenvalue weighted by Gasteiger charge is -2.07. The Balaban J connectivity index is 2.80. The van der Waals surface area contributed by atoms with Gasteiger partial charge < -0.3 is 0 Å². The number of hydrogen-bond acceptors (Lipinski definition) is 8. The zero-order chi connectivity index (χ0) is 18.1. The first-order valence-electron chi connectivity index (χ1n) is 6.07. The molecule has 2 aromatic carbocycles. The minimum Gasteiger partial charge on any atom is -0.258 e. The van der Waals surface area contributed by atoms with Crippen LogP contribution in [0.2, 0.25) is 0 Å². The lowest BCUT2D eigenvalue weighted by molar-refractivity contribution is -0.388. The summed E-state index contributed by atoms with van der Waals surface area (Å²) >= 11 is 0. The van der Waals surface area contributed by atoms with Crippen molar-refractivity contribution in [1.29, 1.82) is 0 Å². The molecular weight excluding hydrogens is 364 g/mol. The second-order valence-electron chi connectivity index (χ2n) is 4.36. The zero-order valence-corrected chi connectivity index (χ0v) is 13.2. The van der Waals surface area contributed by atoms with Crippen molar-refractivity contribution in [2.75, 3.05) is 0 Å². The summed E-state index contributed by atoms with van der Waals surface area (Å²) in [5.74, 6) is 0. The number of rotatable bonds is 5. The van der Waals surface area contributed by atoms with Crippen LogP contribution in [-0.4, -0.2) is 26.7 Å². The van der Waals surface area contributed by atoms with Crippen molar-refractivity contribution < 1.29 is 26.7 Å². The summed E-state index contributed by atoms with van der Waals surface area (Å²) in [6, 6.07) is 7.68. The summed E-state index contributed by atoms with van der Waals surface area (Å²) in [7, 11) is -10.6. The van der Waals surface area contributed by atoms with E-state index in [-0.39, 0.29) is 0 Å². The van der Waals surface area contributed by atoms with Crippen LogP contribution in [0.1, 0.15) is 0 Å². The van der Waals surface area contributed by atoms with Crippen LogP contribution in [0.3, 0.4) is 0 Å². The fraction of sp³-hybridized carbons (Fsp3) is 0. The van der Waals surface area contributed by atoms with E-state index in [9.17, 15) is 37.1 Å². The number of benzene rings is 2. The Kier molecular flexibility index (Phi) is 4.36. The highest BCUT2D eigenvalue weighted by Crippen LogP contribution is 2.34. The van der Waals surface area contributed by atoms with E-state index in [0.29, 0.717) is 0 Å². The van der Waals surface area contributed by atoms with Gasteiger partial charge in [0.05, 0.1) is 9.85 Å². The summed E-state index contributed by atoms with van der Waals surface area (Å²) in [4.78, 5) is 17.7. The third-order valence-electron chi connectivity index (χ3n) is 2.95. The predicted octanol–water partition coefficient (Wildman–Crippen LogP) is 1.67. The molecule has 0 unspecified atom stereocenters. The van der Waals surface area contributed by atoms with Crippen molar-refractivity contribution >= 4 is 29.1 Å². The molecule has 0 aromatic heterocycles. The smallest absolute Gasteiger partial charge is 0.258 e. The normalized spacial score (nSPS) is 11.8. The van der Waals surface area contributed by atoms with Crippen LogP contribution < -0.4 is 0 Å². The molecule has 0 aliphatic heterocycles. The van der Waals surface area contributed by atoms with E-state index in [4.69, 9.17) is 0 Å². The number of nitro groups is 2. The topological polar surface area (TPSA) is 155 Å². The van der Waals surface area contributed by atoms with E-state index in [1.165, 1.54) is 0 Å². The Morgan fingerprint density at radius 3 is 1.21 bits per heavy atom. The van der Waals surface area contributed by atoms with Gasteiger partial charge in [-0.05, 0) is 12.1 Å². The number of nitrogens with zero attached hydrogens (tertiary/aromatic N) is 2. The van der Waals surface area contributed by atoms with Gasteiger partial charge in [-0.25, -0.2) is 16.8 Å². The number of hydrogen-bond donors (Lipinski definition) is 0. The van der Waals surface area contributed by atoms with Gasteiger partial charge in [0.2, 0.25) is 0 Å². The molecular formula is C12H8N2O8S2. The van der Waals surface area contributed by atoms with Gasteiger partial charge in [-0.1, -0.05) is 24.3 Å². The van der Waals surface area contributed by atoms with Crippen molar-refractivity contribution in [1.82, 2.24) is 0 Å². The molecule has 2 rings (SSSR count). The molecule has 0 atom stereocenters. The Morgan fingerprint density at radius 2 is 0.917 bits per heavy atom. The molecule has 0 saturated heterocycles. The maximum atomic E-state index is 12.4. The van der Waals surface area contributed by atoms with Crippen molar-refractivity contribution in [3.63, 3.8) is 0 Å². The summed E-state index contributed by atoms with van der Waals surface area (Å²) in [5, 5.41) is 21.9. The number of para-hydroxylation sites is 2. The van der Waals surface area contributed by atoms with E-state index in [2.05, 4.69) is 0 Å². The van der Waals surface area contributed by atoms with Crippen LogP contribution in [0.5, 0.6) is 0 Å². The van der Waals surface area contributed by atoms with Crippen molar-refractivity contribution in [3.05, 3.63) is 68.8 Å². The lowest BCUT2D eigenvalue weighted by Crippen LogP contribution is -2.18. The molecule has 0 bridgehead atoms. The highest BCUT2D eigenvalue weighted by atomic mass is 33.2. The van der Waals surface area contributed by atoms with Gasteiger partial charge in [-0.15, -0.1) is 0 Å². The lowest BCUT2D eigenvalue weighted by atomic mass is 10.3. The van der Waals surface area contributed by atoms with Crippen LogP contribution in [0, 0.1) is 20.2 Å². The van der Waals surface area contributed by atoms with Crippen molar-refractivity contribution in [2.45, 2.75) is 9.79 Å². The second-order valence-corrected chi connectivity index (χ2v) is 9.69. The van der Waals surface area contributed by atoms with Crippen LogP contribution in [0.15, 0.2) is 58.3 Å². The molecule has 10 nitrogen and oxygen atoms in total. The van der Waals surface area contributed by atoms with Gasteiger partial charge in [0, 0.05) is 12.1 Å². The van der Waals surface area contributed by atoms with Crippen molar-refractivity contribution in [3.8, 4) is 0 Å². The first kappa shape index (κ1) is 17.5. The average molecular weight is 372 g/mol. The molecule has 2 aromatic rings. The maximum absolute atomic E-state index is 12.4. The van der Waals surface area contributed by atoms with E-state index >= 15 is 0 Å². The molecule has 126 valence electrons. The SMILES string of the molecule is O=[N+]([O-])c1ccccc1S(=O)(=O)S(=O)(=O)c1ccccc1[N+](=O)[O-]. The van der Waals surface area contributed by atoms with Gasteiger partial charge in [0.25, 0.3) is 29.1 Å². The summed E-state index contributed by atoms with van der Waals surface area (Å²) in [6.07, 6.45) is 0. The van der Waals surface area contributed by atoms with Gasteiger partial charge in [-0.2, -0.15) is 0 Å². The number of nitro benzene ring substituents is 2. The van der Waals surface area contributed by atoms with Gasteiger partial charge in [-0.3, -0.25) is 20.2 Å². The molecule has 0 N–H and O–H groups in total. The first-order valence-corrected chi connectivity index (χ1v) is 9.56. The van der Waals surface area contributed by atoms with Gasteiger partial charge in [0.15, 0.2) is 9.79 Å². The Hall–Kier alpha value is -2.86. The maximum Gasteiger partial charge on any atom is 0.293 e. The third kappa shape index (κ3) is 2.72. The molecule has 0 saturated carbocycles. The van der Waals surface area contributed by atoms with Crippen LogP contribution in [0.25, 0.3) is 0 Å². The summed E-state index contributed by atoms with van der Waals surface area (Å²) in [5.41, 5.74) is -1.89. The average Bonchev–Trinajstić information content (AvgIpc) is 2.54. The van der Waals surface area contributed by atoms with E-state index in [1.807, 2.05) is 0 Å². The molecule has 0 aliphatic carbocycles. The van der Waals surface area contributed by atoms with E-state index in [1.54, 1.807) is 0 Å². The Bertz CT molecular complexity index is 959. The second kappa shape index (κ2) is 5.98. The van der Waals surface area contributed by atoms with Gasteiger partial charge >= 0.3 is 0 Å². The molecule has 0 radical (unpaired) electrons. The first-order chi connectivity index (χ1) is 11.1. The summed E-state index contributed by atoms with van der Waals surface area (Å²) < 4.78 is 49.8. The highest BCUT2D eigenvalue weighted by Gasteiger charge is 2.42. The minimum atomic E-state index is -5.30. The fourth-order valence-corrected chi connectivity index (χ4v) is 5.90. The largest absolute Gasteiger partial charge is 0.293 e. The van der Waals surface area contributed by atoms with Crippen molar-refractivity contribution in [2.24, 2.45) is 0 Å². The Labute approximate surface area is 134 Å². The van der Waals surface area contributed by atoms with Crippen LogP contribution in [-0.2, 0) is 17.7 Å². The van der Waals surface area contributed by atoms with Crippen LogP contribution >= 0.6 is 0 Å². The molecule has 0 aliphatic rings. The standard InChI is InChI=1S/C12H8N2O8S2/c15-13(16)9-5-1-3-7-11(9)23(19,20)24(21,22)12-8-4-2-6-10(12)14(17)18/h1-8H. The molecule has 0 heterocycles. The fourth-order valence-electron chi connectivity index (χ4n) is 1.88. The predicted molar refractivity (Wildman–Crippen MR) is 80.6 cm³/mol. The third-order valence-corrected chi connectivity index (χ3v) is 8.11. The Morgan fingerprint density at radius 1 is 0.625 bits per heavy atom. The molecule has 0 spiro atoms. The van der Waals surface area contributed by atoms with Crippen LogP contribution in [0.4, 0.5) is 11.4 Å². The minimum absolute atomic E-state index is 0.750. The molecule has 0 amide bonds. The molecule has 24 heavy (non-hydrogen) atoms. The van der Waals surface area contributed by atoms with E-state index in [0.717, 1.165) is 48.5 Å². The molecule has 0 fully saturated rings. The van der Waals surface area contributed by atoms with Gasteiger partial charge in [0.1, 0.15) is 0 Å². The summed E-state index contributed by atoms with van der Waals surface area (Å²) in [6.45, 7) is 0. The quantitative estimate of drug-likeness (QED) is 0.436. The zero-order valence-electron chi connectivity index (χ0n) is 11.6.